The van der Waals surface area contributed by atoms with Crippen LogP contribution in [-0.4, -0.2) is 59.2 Å². The lowest BCUT2D eigenvalue weighted by Gasteiger charge is -2.37. The number of hydrogen-bond acceptors (Lipinski definition) is 7. The van der Waals surface area contributed by atoms with Crippen molar-refractivity contribution in [3.05, 3.63) is 34.5 Å². The van der Waals surface area contributed by atoms with Crippen molar-refractivity contribution in [3.8, 4) is 17.4 Å². The van der Waals surface area contributed by atoms with Gasteiger partial charge >= 0.3 is 0 Å². The molecule has 3 aromatic rings. The number of morpholine rings is 1. The van der Waals surface area contributed by atoms with Gasteiger partial charge in [-0.1, -0.05) is 11.3 Å². The van der Waals surface area contributed by atoms with E-state index in [1.165, 1.54) is 20.8 Å². The molecule has 8 nitrogen and oxygen atoms in total. The summed E-state index contributed by atoms with van der Waals surface area (Å²) < 4.78 is 18.4. The third-order valence-corrected chi connectivity index (χ3v) is 6.37. The van der Waals surface area contributed by atoms with E-state index in [1.807, 2.05) is 25.1 Å². The van der Waals surface area contributed by atoms with Crippen molar-refractivity contribution in [2.24, 2.45) is 0 Å². The maximum atomic E-state index is 11.0. The SMILES string of the molecule is COc1ccc([C@H](c2sc3nc(C)nn3c2O)[NH+]2C[C@@H](C)O[C@H](C)C2)cc1OC. The van der Waals surface area contributed by atoms with Crippen LogP contribution in [-0.2, 0) is 4.74 Å². The second-order valence-corrected chi connectivity index (χ2v) is 8.52. The van der Waals surface area contributed by atoms with E-state index in [4.69, 9.17) is 14.2 Å². The highest BCUT2D eigenvalue weighted by atomic mass is 32.1. The van der Waals surface area contributed by atoms with Gasteiger partial charge in [-0.3, -0.25) is 0 Å². The molecule has 3 atom stereocenters. The molecule has 4 rings (SSSR count). The van der Waals surface area contributed by atoms with Crippen LogP contribution >= 0.6 is 11.3 Å². The summed E-state index contributed by atoms with van der Waals surface area (Å²) in [6.07, 6.45) is 0.255. The highest BCUT2D eigenvalue weighted by molar-refractivity contribution is 7.17. The highest BCUT2D eigenvalue weighted by Crippen LogP contribution is 2.38. The average molecular weight is 420 g/mol. The summed E-state index contributed by atoms with van der Waals surface area (Å²) in [7, 11) is 3.26. The first-order chi connectivity index (χ1) is 13.9. The number of benzene rings is 1. The fourth-order valence-electron chi connectivity index (χ4n) is 4.19. The van der Waals surface area contributed by atoms with Gasteiger partial charge < -0.3 is 24.2 Å². The molecule has 1 saturated heterocycles. The second kappa shape index (κ2) is 7.81. The fraction of sp³-hybridized carbons (Fsp3) is 0.500. The molecule has 156 valence electrons. The van der Waals surface area contributed by atoms with Gasteiger partial charge in [-0.2, -0.15) is 4.52 Å². The number of rotatable bonds is 5. The number of quaternary nitrogens is 1. The van der Waals surface area contributed by atoms with Crippen molar-refractivity contribution in [2.45, 2.75) is 39.0 Å². The van der Waals surface area contributed by atoms with Gasteiger partial charge in [-0.05, 0) is 39.0 Å². The monoisotopic (exact) mass is 419 g/mol. The van der Waals surface area contributed by atoms with E-state index in [0.29, 0.717) is 22.3 Å². The molecule has 0 aliphatic carbocycles. The molecular formula is C20H27N4O4S+. The molecule has 0 bridgehead atoms. The van der Waals surface area contributed by atoms with E-state index in [9.17, 15) is 5.11 Å². The van der Waals surface area contributed by atoms with E-state index < -0.39 is 0 Å². The Bertz CT molecular complexity index is 1010. The van der Waals surface area contributed by atoms with Crippen LogP contribution in [0.15, 0.2) is 18.2 Å². The molecule has 3 heterocycles. The highest BCUT2D eigenvalue weighted by Gasteiger charge is 2.37. The van der Waals surface area contributed by atoms with Crippen molar-refractivity contribution in [2.75, 3.05) is 27.3 Å². The molecule has 0 saturated carbocycles. The molecule has 1 aromatic carbocycles. The molecule has 1 aliphatic rings. The number of ether oxygens (including phenoxy) is 3. The first-order valence-electron chi connectivity index (χ1n) is 9.68. The number of aryl methyl sites for hydroxylation is 1. The molecule has 0 spiro atoms. The quantitative estimate of drug-likeness (QED) is 0.654. The first kappa shape index (κ1) is 19.9. The topological polar surface area (TPSA) is 82.6 Å². The predicted molar refractivity (Wildman–Crippen MR) is 109 cm³/mol. The zero-order chi connectivity index (χ0) is 20.7. The second-order valence-electron chi connectivity index (χ2n) is 7.51. The van der Waals surface area contributed by atoms with E-state index in [2.05, 4.69) is 23.9 Å². The van der Waals surface area contributed by atoms with Crippen LogP contribution in [0.25, 0.3) is 4.96 Å². The summed E-state index contributed by atoms with van der Waals surface area (Å²) in [5.74, 6) is 2.13. The number of thiazole rings is 1. The molecule has 1 fully saturated rings. The average Bonchev–Trinajstić information content (AvgIpc) is 3.18. The Morgan fingerprint density at radius 2 is 1.90 bits per heavy atom. The number of methoxy groups -OCH3 is 2. The van der Waals surface area contributed by atoms with Gasteiger partial charge in [0.2, 0.25) is 10.8 Å². The Labute approximate surface area is 173 Å². The number of nitrogens with one attached hydrogen (secondary N) is 1. The van der Waals surface area contributed by atoms with Crippen LogP contribution in [0.2, 0.25) is 0 Å². The van der Waals surface area contributed by atoms with Crippen molar-refractivity contribution < 1.29 is 24.2 Å². The summed E-state index contributed by atoms with van der Waals surface area (Å²) in [6.45, 7) is 7.66. The lowest BCUT2D eigenvalue weighted by Crippen LogP contribution is -3.15. The zero-order valence-corrected chi connectivity index (χ0v) is 18.1. The fourth-order valence-corrected chi connectivity index (χ4v) is 5.38. The Hall–Kier alpha value is -2.36. The summed E-state index contributed by atoms with van der Waals surface area (Å²) in [4.78, 5) is 7.28. The Morgan fingerprint density at radius 1 is 1.21 bits per heavy atom. The smallest absolute Gasteiger partial charge is 0.235 e. The molecule has 0 radical (unpaired) electrons. The van der Waals surface area contributed by atoms with Crippen LogP contribution in [0.5, 0.6) is 17.4 Å². The number of nitrogens with zero attached hydrogens (tertiary/aromatic N) is 3. The molecule has 29 heavy (non-hydrogen) atoms. The molecule has 0 amide bonds. The largest absolute Gasteiger partial charge is 0.493 e. The summed E-state index contributed by atoms with van der Waals surface area (Å²) >= 11 is 1.47. The molecule has 9 heteroatoms. The maximum Gasteiger partial charge on any atom is 0.235 e. The predicted octanol–water partition coefficient (Wildman–Crippen LogP) is 1.60. The number of aromatic hydroxyl groups is 1. The molecule has 0 unspecified atom stereocenters. The Balaban J connectivity index is 1.85. The van der Waals surface area contributed by atoms with E-state index in [0.717, 1.165) is 23.5 Å². The van der Waals surface area contributed by atoms with Crippen molar-refractivity contribution >= 4 is 16.3 Å². The molecule has 2 aromatic heterocycles. The van der Waals surface area contributed by atoms with E-state index in [-0.39, 0.29) is 24.1 Å². The van der Waals surface area contributed by atoms with Gasteiger partial charge in [0.15, 0.2) is 17.5 Å². The summed E-state index contributed by atoms with van der Waals surface area (Å²) in [6, 6.07) is 5.83. The van der Waals surface area contributed by atoms with Crippen molar-refractivity contribution in [1.82, 2.24) is 14.6 Å². The van der Waals surface area contributed by atoms with Crippen LogP contribution in [0.3, 0.4) is 0 Å². The molecule has 1 aliphatic heterocycles. The van der Waals surface area contributed by atoms with Gasteiger partial charge in [0.05, 0.1) is 14.2 Å². The minimum atomic E-state index is -0.0996. The van der Waals surface area contributed by atoms with Crippen molar-refractivity contribution in [3.63, 3.8) is 0 Å². The number of fused-ring (bicyclic) bond motifs is 1. The number of aromatic nitrogens is 3. The Morgan fingerprint density at radius 3 is 2.52 bits per heavy atom. The summed E-state index contributed by atoms with van der Waals surface area (Å²) in [5.41, 5.74) is 1.04. The van der Waals surface area contributed by atoms with Crippen LogP contribution < -0.4 is 14.4 Å². The standard InChI is InChI=1S/C20H26N4O4S/c1-11-9-23(10-12(2)28-11)17(14-6-7-15(26-4)16(8-14)27-5)18-19(25)24-20(29-18)21-13(3)22-24/h6-8,11-12,17,25H,9-10H2,1-5H3/p+1/t11-,12-,17-/m1/s1. The van der Waals surface area contributed by atoms with Gasteiger partial charge in [-0.25, -0.2) is 4.98 Å². The first-order valence-corrected chi connectivity index (χ1v) is 10.5. The summed E-state index contributed by atoms with van der Waals surface area (Å²) in [5, 5.41) is 15.3. The lowest BCUT2D eigenvalue weighted by molar-refractivity contribution is -0.939. The van der Waals surface area contributed by atoms with Crippen molar-refractivity contribution in [1.29, 1.82) is 0 Å². The van der Waals surface area contributed by atoms with Gasteiger partial charge in [-0.15, -0.1) is 5.10 Å². The minimum Gasteiger partial charge on any atom is -0.493 e. The Kier molecular flexibility index (Phi) is 5.37. The maximum absolute atomic E-state index is 11.0. The minimum absolute atomic E-state index is 0.0996. The van der Waals surface area contributed by atoms with Gasteiger partial charge in [0, 0.05) is 5.56 Å². The van der Waals surface area contributed by atoms with Crippen LogP contribution in [0, 0.1) is 6.92 Å². The molecule has 2 N–H and O–H groups in total. The van der Waals surface area contributed by atoms with Crippen LogP contribution in [0.4, 0.5) is 0 Å². The number of hydrogen-bond donors (Lipinski definition) is 2. The van der Waals surface area contributed by atoms with E-state index in [1.54, 1.807) is 14.2 Å². The zero-order valence-electron chi connectivity index (χ0n) is 17.3. The van der Waals surface area contributed by atoms with Crippen LogP contribution in [0.1, 0.15) is 36.2 Å². The normalized spacial score (nSPS) is 23.3. The van der Waals surface area contributed by atoms with E-state index >= 15 is 0 Å². The van der Waals surface area contributed by atoms with Gasteiger partial charge in [0.25, 0.3) is 0 Å². The third-order valence-electron chi connectivity index (χ3n) is 5.28. The molecular weight excluding hydrogens is 392 g/mol. The van der Waals surface area contributed by atoms with Gasteiger partial charge in [0.1, 0.15) is 36.0 Å². The third kappa shape index (κ3) is 3.65. The lowest BCUT2D eigenvalue weighted by atomic mass is 10.0.